The topological polar surface area (TPSA) is 68.8 Å². The van der Waals surface area contributed by atoms with Crippen molar-refractivity contribution in [3.8, 4) is 17.2 Å². The number of carbonyl (C=O) groups excluding carboxylic acids is 1. The third-order valence-corrected chi connectivity index (χ3v) is 5.06. The Kier molecular flexibility index (Phi) is 5.05. The summed E-state index contributed by atoms with van der Waals surface area (Å²) in [5.41, 5.74) is 4.45. The Balaban J connectivity index is 1.34. The van der Waals surface area contributed by atoms with Crippen LogP contribution < -0.4 is 24.8 Å². The summed E-state index contributed by atoms with van der Waals surface area (Å²) < 4.78 is 16.9. The van der Waals surface area contributed by atoms with E-state index in [1.54, 1.807) is 7.11 Å². The van der Waals surface area contributed by atoms with Gasteiger partial charge in [-0.15, -0.1) is 0 Å². The number of urea groups is 1. The van der Waals surface area contributed by atoms with Crippen LogP contribution in [0.4, 0.5) is 4.79 Å². The molecule has 2 aliphatic rings. The zero-order valence-corrected chi connectivity index (χ0v) is 15.5. The SMILES string of the molecule is COc1ccccc1CCNC(=O)NCc1c2c(cc3c1OCC3)OCC2. The van der Waals surface area contributed by atoms with Crippen LogP contribution in [0.2, 0.25) is 0 Å². The predicted molar refractivity (Wildman–Crippen MR) is 102 cm³/mol. The number of benzene rings is 2. The minimum Gasteiger partial charge on any atom is -0.496 e. The van der Waals surface area contributed by atoms with E-state index in [2.05, 4.69) is 16.7 Å². The molecular weight excluding hydrogens is 344 g/mol. The van der Waals surface area contributed by atoms with E-state index < -0.39 is 0 Å². The van der Waals surface area contributed by atoms with Gasteiger partial charge in [0, 0.05) is 42.6 Å². The van der Waals surface area contributed by atoms with Crippen molar-refractivity contribution in [1.29, 1.82) is 0 Å². The molecule has 0 bridgehead atoms. The van der Waals surface area contributed by atoms with Gasteiger partial charge >= 0.3 is 6.03 Å². The fraction of sp³-hybridized carbons (Fsp3) is 0.381. The largest absolute Gasteiger partial charge is 0.496 e. The molecule has 6 heteroatoms. The first-order valence-corrected chi connectivity index (χ1v) is 9.33. The third-order valence-electron chi connectivity index (χ3n) is 5.06. The molecule has 2 aromatic rings. The molecular formula is C21H24N2O4. The number of hydrogen-bond donors (Lipinski definition) is 2. The highest BCUT2D eigenvalue weighted by atomic mass is 16.5. The summed E-state index contributed by atoms with van der Waals surface area (Å²) in [6.07, 6.45) is 2.47. The summed E-state index contributed by atoms with van der Waals surface area (Å²) >= 11 is 0. The number of amides is 2. The Morgan fingerprint density at radius 1 is 1.15 bits per heavy atom. The molecule has 2 N–H and O–H groups in total. The zero-order valence-electron chi connectivity index (χ0n) is 15.5. The van der Waals surface area contributed by atoms with Gasteiger partial charge in [0.05, 0.1) is 20.3 Å². The molecule has 0 saturated heterocycles. The van der Waals surface area contributed by atoms with Crippen LogP contribution in [-0.4, -0.2) is 32.9 Å². The highest BCUT2D eigenvalue weighted by molar-refractivity contribution is 5.74. The van der Waals surface area contributed by atoms with Crippen LogP contribution in [0.5, 0.6) is 17.2 Å². The van der Waals surface area contributed by atoms with Gasteiger partial charge in [-0.05, 0) is 24.1 Å². The number of para-hydroxylation sites is 1. The van der Waals surface area contributed by atoms with Crippen LogP contribution in [0.1, 0.15) is 22.3 Å². The second kappa shape index (κ2) is 7.78. The maximum atomic E-state index is 12.2. The molecule has 4 rings (SSSR count). The van der Waals surface area contributed by atoms with E-state index in [-0.39, 0.29) is 6.03 Å². The van der Waals surface area contributed by atoms with Gasteiger partial charge in [0.15, 0.2) is 0 Å². The van der Waals surface area contributed by atoms with Gasteiger partial charge in [0.25, 0.3) is 0 Å². The Bertz CT molecular complexity index is 818. The summed E-state index contributed by atoms with van der Waals surface area (Å²) in [5, 5.41) is 5.87. The highest BCUT2D eigenvalue weighted by Gasteiger charge is 2.26. The minimum absolute atomic E-state index is 0.187. The van der Waals surface area contributed by atoms with Crippen molar-refractivity contribution >= 4 is 6.03 Å². The lowest BCUT2D eigenvalue weighted by molar-refractivity contribution is 0.240. The second-order valence-corrected chi connectivity index (χ2v) is 6.69. The Morgan fingerprint density at radius 3 is 2.89 bits per heavy atom. The normalized spacial score (nSPS) is 14.0. The molecule has 0 spiro atoms. The molecule has 2 heterocycles. The van der Waals surface area contributed by atoms with E-state index in [1.807, 2.05) is 24.3 Å². The fourth-order valence-corrected chi connectivity index (χ4v) is 3.72. The molecule has 2 aromatic carbocycles. The zero-order chi connectivity index (χ0) is 18.6. The molecule has 142 valence electrons. The van der Waals surface area contributed by atoms with Crippen molar-refractivity contribution in [3.05, 3.63) is 52.6 Å². The summed E-state index contributed by atoms with van der Waals surface area (Å²) in [6.45, 7) is 2.36. The van der Waals surface area contributed by atoms with Gasteiger partial charge < -0.3 is 24.8 Å². The standard InChI is InChI=1S/C21H24N2O4/c1-25-18-5-3-2-4-14(18)6-9-22-21(24)23-13-17-16-8-11-26-19(16)12-15-7-10-27-20(15)17/h2-5,12H,6-11,13H2,1H3,(H2,22,23,24). The van der Waals surface area contributed by atoms with E-state index in [9.17, 15) is 4.79 Å². The summed E-state index contributed by atoms with van der Waals surface area (Å²) in [4.78, 5) is 12.2. The maximum Gasteiger partial charge on any atom is 0.315 e. The smallest absolute Gasteiger partial charge is 0.315 e. The average Bonchev–Trinajstić information content (AvgIpc) is 3.34. The van der Waals surface area contributed by atoms with Crippen LogP contribution >= 0.6 is 0 Å². The third kappa shape index (κ3) is 3.65. The molecule has 0 radical (unpaired) electrons. The number of carbonyl (C=O) groups is 1. The second-order valence-electron chi connectivity index (χ2n) is 6.69. The van der Waals surface area contributed by atoms with Gasteiger partial charge in [-0.1, -0.05) is 18.2 Å². The number of rotatable bonds is 6. The van der Waals surface area contributed by atoms with Gasteiger partial charge in [0.2, 0.25) is 0 Å². The van der Waals surface area contributed by atoms with Gasteiger partial charge in [-0.3, -0.25) is 0 Å². The lowest BCUT2D eigenvalue weighted by atomic mass is 9.99. The molecule has 0 fully saturated rings. The Morgan fingerprint density at radius 2 is 2.00 bits per heavy atom. The lowest BCUT2D eigenvalue weighted by Crippen LogP contribution is -2.36. The summed E-state index contributed by atoms with van der Waals surface area (Å²) in [6, 6.07) is 9.73. The minimum atomic E-state index is -0.187. The Hall–Kier alpha value is -2.89. The molecule has 0 aromatic heterocycles. The van der Waals surface area contributed by atoms with Crippen molar-refractivity contribution < 1.29 is 19.0 Å². The molecule has 2 amide bonds. The highest BCUT2D eigenvalue weighted by Crippen LogP contribution is 2.40. The first-order valence-electron chi connectivity index (χ1n) is 9.33. The molecule has 0 atom stereocenters. The molecule has 0 saturated carbocycles. The van der Waals surface area contributed by atoms with E-state index in [0.29, 0.717) is 32.7 Å². The molecule has 0 aliphatic carbocycles. The Labute approximate surface area is 158 Å². The van der Waals surface area contributed by atoms with Crippen LogP contribution in [0, 0.1) is 0 Å². The van der Waals surface area contributed by atoms with Crippen LogP contribution in [-0.2, 0) is 25.8 Å². The van der Waals surface area contributed by atoms with Crippen molar-refractivity contribution in [2.24, 2.45) is 0 Å². The predicted octanol–water partition coefficient (Wildman–Crippen LogP) is 2.61. The number of ether oxygens (including phenoxy) is 3. The maximum absolute atomic E-state index is 12.2. The van der Waals surface area contributed by atoms with Crippen molar-refractivity contribution in [2.45, 2.75) is 25.8 Å². The first kappa shape index (κ1) is 17.5. The average molecular weight is 368 g/mol. The molecule has 0 unspecified atom stereocenters. The summed E-state index contributed by atoms with van der Waals surface area (Å²) in [7, 11) is 1.65. The molecule has 27 heavy (non-hydrogen) atoms. The van der Waals surface area contributed by atoms with Gasteiger partial charge in [-0.2, -0.15) is 0 Å². The summed E-state index contributed by atoms with van der Waals surface area (Å²) in [5.74, 6) is 2.70. The van der Waals surface area contributed by atoms with Crippen molar-refractivity contribution in [1.82, 2.24) is 10.6 Å². The number of fused-ring (bicyclic) bond motifs is 2. The van der Waals surface area contributed by atoms with E-state index >= 15 is 0 Å². The number of methoxy groups -OCH3 is 1. The van der Waals surface area contributed by atoms with Crippen molar-refractivity contribution in [2.75, 3.05) is 26.9 Å². The van der Waals surface area contributed by atoms with E-state index in [1.165, 1.54) is 5.56 Å². The van der Waals surface area contributed by atoms with Crippen LogP contribution in [0.15, 0.2) is 30.3 Å². The van der Waals surface area contributed by atoms with E-state index in [0.717, 1.165) is 46.8 Å². The number of nitrogens with one attached hydrogen (secondary N) is 2. The van der Waals surface area contributed by atoms with Crippen LogP contribution in [0.3, 0.4) is 0 Å². The first-order chi connectivity index (χ1) is 13.3. The molecule has 2 aliphatic heterocycles. The van der Waals surface area contributed by atoms with Crippen LogP contribution in [0.25, 0.3) is 0 Å². The quantitative estimate of drug-likeness (QED) is 0.822. The molecule has 6 nitrogen and oxygen atoms in total. The number of hydrogen-bond acceptors (Lipinski definition) is 4. The fourth-order valence-electron chi connectivity index (χ4n) is 3.72. The van der Waals surface area contributed by atoms with Gasteiger partial charge in [-0.25, -0.2) is 4.79 Å². The monoisotopic (exact) mass is 368 g/mol. The van der Waals surface area contributed by atoms with Gasteiger partial charge in [0.1, 0.15) is 17.2 Å². The van der Waals surface area contributed by atoms with Crippen molar-refractivity contribution in [3.63, 3.8) is 0 Å². The van der Waals surface area contributed by atoms with E-state index in [4.69, 9.17) is 14.2 Å². The lowest BCUT2D eigenvalue weighted by Gasteiger charge is -2.14.